The maximum atomic E-state index is 12.4. The van der Waals surface area contributed by atoms with Crippen molar-refractivity contribution in [2.24, 2.45) is 0 Å². The number of amides is 2. The zero-order valence-corrected chi connectivity index (χ0v) is 12.7. The lowest BCUT2D eigenvalue weighted by atomic mass is 10.1. The first kappa shape index (κ1) is 16.9. The van der Waals surface area contributed by atoms with Gasteiger partial charge in [-0.2, -0.15) is 8.78 Å². The molecule has 0 saturated carbocycles. The number of nitrogens with one attached hydrogen (secondary N) is 1. The molecule has 0 spiro atoms. The van der Waals surface area contributed by atoms with Crippen LogP contribution in [0.3, 0.4) is 0 Å². The Morgan fingerprint density at radius 1 is 1.48 bits per heavy atom. The second-order valence-electron chi connectivity index (χ2n) is 5.00. The average molecular weight is 324 g/mol. The molecule has 7 heteroatoms. The SMILES string of the molecule is CCC1C(=O)NCCN1C(=O)C=Cc1ccccc1OC(F)F. The highest BCUT2D eigenvalue weighted by Crippen LogP contribution is 2.21. The molecule has 1 aromatic rings. The standard InChI is InChI=1S/C16H18F2N2O3/c1-2-12-15(22)19-9-10-20(12)14(21)8-7-11-5-3-4-6-13(11)23-16(17)18/h3-8,12,16H,2,9-10H2,1H3,(H,19,22). The lowest BCUT2D eigenvalue weighted by Crippen LogP contribution is -2.56. The Hall–Kier alpha value is -2.44. The van der Waals surface area contributed by atoms with E-state index in [-0.39, 0.29) is 17.6 Å². The van der Waals surface area contributed by atoms with E-state index >= 15 is 0 Å². The summed E-state index contributed by atoms with van der Waals surface area (Å²) < 4.78 is 29.1. The minimum atomic E-state index is -2.93. The molecule has 0 aromatic heterocycles. The normalized spacial score (nSPS) is 18.3. The van der Waals surface area contributed by atoms with E-state index in [1.165, 1.54) is 23.1 Å². The lowest BCUT2D eigenvalue weighted by molar-refractivity contribution is -0.140. The topological polar surface area (TPSA) is 58.6 Å². The van der Waals surface area contributed by atoms with Crippen LogP contribution in [0.4, 0.5) is 8.78 Å². The molecule has 0 radical (unpaired) electrons. The number of hydrogen-bond acceptors (Lipinski definition) is 3. The van der Waals surface area contributed by atoms with Crippen LogP contribution in [-0.4, -0.2) is 42.5 Å². The number of carbonyl (C=O) groups is 2. The van der Waals surface area contributed by atoms with E-state index in [4.69, 9.17) is 0 Å². The Kier molecular flexibility index (Phi) is 5.67. The number of rotatable bonds is 5. The van der Waals surface area contributed by atoms with Crippen LogP contribution < -0.4 is 10.1 Å². The highest BCUT2D eigenvalue weighted by atomic mass is 19.3. The van der Waals surface area contributed by atoms with Crippen LogP contribution in [-0.2, 0) is 9.59 Å². The summed E-state index contributed by atoms with van der Waals surface area (Å²) in [6.45, 7) is -0.288. The van der Waals surface area contributed by atoms with Crippen molar-refractivity contribution in [3.63, 3.8) is 0 Å². The predicted octanol–water partition coefficient (Wildman–Crippen LogP) is 2.04. The molecule has 1 fully saturated rings. The molecule has 1 aromatic carbocycles. The van der Waals surface area contributed by atoms with E-state index in [0.29, 0.717) is 25.1 Å². The maximum absolute atomic E-state index is 12.4. The molecular formula is C16H18F2N2O3. The average Bonchev–Trinajstić information content (AvgIpc) is 2.53. The molecule has 23 heavy (non-hydrogen) atoms. The number of halogens is 2. The van der Waals surface area contributed by atoms with Crippen LogP contribution in [0.2, 0.25) is 0 Å². The molecule has 2 rings (SSSR count). The number of piperazine rings is 1. The first-order valence-electron chi connectivity index (χ1n) is 7.33. The fourth-order valence-corrected chi connectivity index (χ4v) is 2.46. The molecule has 0 aliphatic carbocycles. The van der Waals surface area contributed by atoms with Crippen LogP contribution in [0.15, 0.2) is 30.3 Å². The second kappa shape index (κ2) is 7.71. The molecule has 1 aliphatic rings. The fourth-order valence-electron chi connectivity index (χ4n) is 2.46. The molecule has 1 aliphatic heterocycles. The zero-order valence-electron chi connectivity index (χ0n) is 12.7. The van der Waals surface area contributed by atoms with Crippen molar-refractivity contribution in [1.82, 2.24) is 10.2 Å². The summed E-state index contributed by atoms with van der Waals surface area (Å²) in [6.07, 6.45) is 3.20. The lowest BCUT2D eigenvalue weighted by Gasteiger charge is -2.33. The Bertz CT molecular complexity index is 605. The van der Waals surface area contributed by atoms with E-state index < -0.39 is 12.7 Å². The van der Waals surface area contributed by atoms with Crippen molar-refractivity contribution >= 4 is 17.9 Å². The summed E-state index contributed by atoms with van der Waals surface area (Å²) in [5.74, 6) is -0.518. The van der Waals surface area contributed by atoms with Gasteiger partial charge in [-0.1, -0.05) is 25.1 Å². The van der Waals surface area contributed by atoms with Gasteiger partial charge < -0.3 is 15.0 Å². The minimum Gasteiger partial charge on any atom is -0.434 e. The number of hydrogen-bond donors (Lipinski definition) is 1. The van der Waals surface area contributed by atoms with E-state index in [0.717, 1.165) is 0 Å². The molecule has 2 amide bonds. The molecule has 1 N–H and O–H groups in total. The first-order chi connectivity index (χ1) is 11.0. The van der Waals surface area contributed by atoms with Gasteiger partial charge in [-0.05, 0) is 18.6 Å². The predicted molar refractivity (Wildman–Crippen MR) is 80.9 cm³/mol. The number of benzene rings is 1. The summed E-state index contributed by atoms with van der Waals surface area (Å²) in [4.78, 5) is 25.5. The van der Waals surface area contributed by atoms with Gasteiger partial charge in [0.1, 0.15) is 11.8 Å². The van der Waals surface area contributed by atoms with Gasteiger partial charge in [0, 0.05) is 24.7 Å². The van der Waals surface area contributed by atoms with Crippen molar-refractivity contribution < 1.29 is 23.1 Å². The third-order valence-corrected chi connectivity index (χ3v) is 3.54. The highest BCUT2D eigenvalue weighted by molar-refractivity contribution is 5.96. The van der Waals surface area contributed by atoms with Gasteiger partial charge in [-0.25, -0.2) is 0 Å². The van der Waals surface area contributed by atoms with E-state index in [1.54, 1.807) is 18.2 Å². The van der Waals surface area contributed by atoms with Gasteiger partial charge in [-0.15, -0.1) is 0 Å². The third-order valence-electron chi connectivity index (χ3n) is 3.54. The van der Waals surface area contributed by atoms with E-state index in [2.05, 4.69) is 10.1 Å². The van der Waals surface area contributed by atoms with Gasteiger partial charge in [0.25, 0.3) is 0 Å². The maximum Gasteiger partial charge on any atom is 0.387 e. The summed E-state index contributed by atoms with van der Waals surface area (Å²) in [5.41, 5.74) is 0.371. The van der Waals surface area contributed by atoms with E-state index in [9.17, 15) is 18.4 Å². The number of nitrogens with zero attached hydrogens (tertiary/aromatic N) is 1. The van der Waals surface area contributed by atoms with Crippen LogP contribution in [0.25, 0.3) is 6.08 Å². The number of para-hydroxylation sites is 1. The summed E-state index contributed by atoms with van der Waals surface area (Å²) in [7, 11) is 0. The first-order valence-corrected chi connectivity index (χ1v) is 7.33. The molecular weight excluding hydrogens is 306 g/mol. The number of ether oxygens (including phenoxy) is 1. The van der Waals surface area contributed by atoms with Crippen LogP contribution in [0, 0.1) is 0 Å². The van der Waals surface area contributed by atoms with Crippen LogP contribution in [0.5, 0.6) is 5.75 Å². The molecule has 1 unspecified atom stereocenters. The summed E-state index contributed by atoms with van der Waals surface area (Å²) in [6, 6.07) is 5.69. The largest absolute Gasteiger partial charge is 0.434 e. The van der Waals surface area contributed by atoms with Gasteiger partial charge in [0.05, 0.1) is 0 Å². The molecule has 124 valence electrons. The smallest absolute Gasteiger partial charge is 0.387 e. The quantitative estimate of drug-likeness (QED) is 0.843. The van der Waals surface area contributed by atoms with Crippen LogP contribution in [0.1, 0.15) is 18.9 Å². The molecule has 5 nitrogen and oxygen atoms in total. The number of alkyl halides is 2. The fraction of sp³-hybridized carbons (Fsp3) is 0.375. The van der Waals surface area contributed by atoms with Crippen molar-refractivity contribution in [2.45, 2.75) is 26.0 Å². The summed E-state index contributed by atoms with van der Waals surface area (Å²) >= 11 is 0. The van der Waals surface area contributed by atoms with Crippen molar-refractivity contribution in [3.05, 3.63) is 35.9 Å². The Balaban J connectivity index is 2.13. The molecule has 1 saturated heterocycles. The molecule has 1 heterocycles. The van der Waals surface area contributed by atoms with Gasteiger partial charge in [0.15, 0.2) is 0 Å². The summed E-state index contributed by atoms with van der Waals surface area (Å²) in [5, 5.41) is 2.71. The molecule has 1 atom stereocenters. The molecule has 0 bridgehead atoms. The zero-order chi connectivity index (χ0) is 16.8. The number of carbonyl (C=O) groups excluding carboxylic acids is 2. The van der Waals surface area contributed by atoms with Crippen molar-refractivity contribution in [3.8, 4) is 5.75 Å². The van der Waals surface area contributed by atoms with Crippen molar-refractivity contribution in [1.29, 1.82) is 0 Å². The third kappa shape index (κ3) is 4.28. The Morgan fingerprint density at radius 2 is 2.22 bits per heavy atom. The van der Waals surface area contributed by atoms with Gasteiger partial charge >= 0.3 is 6.61 Å². The second-order valence-corrected chi connectivity index (χ2v) is 5.00. The minimum absolute atomic E-state index is 0.00465. The van der Waals surface area contributed by atoms with Gasteiger partial charge in [-0.3, -0.25) is 9.59 Å². The Morgan fingerprint density at radius 3 is 2.91 bits per heavy atom. The Labute approximate surface area is 132 Å². The highest BCUT2D eigenvalue weighted by Gasteiger charge is 2.30. The van der Waals surface area contributed by atoms with E-state index in [1.807, 2.05) is 6.92 Å². The van der Waals surface area contributed by atoms with Gasteiger partial charge in [0.2, 0.25) is 11.8 Å². The van der Waals surface area contributed by atoms with Crippen LogP contribution >= 0.6 is 0 Å². The monoisotopic (exact) mass is 324 g/mol. The van der Waals surface area contributed by atoms with Crippen molar-refractivity contribution in [2.75, 3.05) is 13.1 Å².